The number of aliphatic hydroxyl groups is 2. The van der Waals surface area contributed by atoms with Crippen LogP contribution in [0.15, 0.2) is 34.7 Å². The van der Waals surface area contributed by atoms with Gasteiger partial charge in [-0.25, -0.2) is 0 Å². The Morgan fingerprint density at radius 2 is 1.19 bits per heavy atom. The molecule has 6 unspecified atom stereocenters. The van der Waals surface area contributed by atoms with Gasteiger partial charge < -0.3 is 25.1 Å². The molecular formula is C42H52B2N6O3. The lowest BCUT2D eigenvalue weighted by Gasteiger charge is -2.58. The second-order valence-corrected chi connectivity index (χ2v) is 18.9. The van der Waals surface area contributed by atoms with E-state index >= 15 is 0 Å². The Morgan fingerprint density at radius 3 is 1.68 bits per heavy atom. The third-order valence-electron chi connectivity index (χ3n) is 15.7. The van der Waals surface area contributed by atoms with Gasteiger partial charge in [-0.1, -0.05) is 31.1 Å². The molecule has 2 aliphatic heterocycles. The third kappa shape index (κ3) is 4.94. The summed E-state index contributed by atoms with van der Waals surface area (Å²) in [6, 6.07) is 0. The first-order chi connectivity index (χ1) is 25.6. The highest BCUT2D eigenvalue weighted by molar-refractivity contribution is 6.71. The molecule has 11 heteroatoms. The molecule has 8 bridgehead atoms. The lowest BCUT2D eigenvalue weighted by molar-refractivity contribution is -0.138. The van der Waals surface area contributed by atoms with Crippen molar-refractivity contribution in [2.24, 2.45) is 57.5 Å². The number of hydrogen-bond acceptors (Lipinski definition) is 9. The van der Waals surface area contributed by atoms with E-state index in [1.54, 1.807) is 0 Å². The van der Waals surface area contributed by atoms with Crippen LogP contribution in [0.3, 0.4) is 0 Å². The molecule has 12 aliphatic rings. The Morgan fingerprint density at radius 1 is 0.717 bits per heavy atom. The minimum Gasteiger partial charge on any atom is -0.428 e. The predicted octanol–water partition coefficient (Wildman–Crippen LogP) is 3.88. The Bertz CT molecular complexity index is 2000. The van der Waals surface area contributed by atoms with Crippen LogP contribution in [-0.4, -0.2) is 85.2 Å². The SMILES string of the molecule is CB1c2cnc3c(c2C(C2[C@@H]4CC5C[C@H]2CC(O)(C5)C4)=NN1C)C=CC3.CCN1N=C(C2[C@@H]3CC4C[C@H]2CC(O)(C4)C3)c2c(cnc3c2C=CC3)B1O. The molecule has 2 aromatic rings. The number of rotatable bonds is 3. The molecule has 10 atom stereocenters. The summed E-state index contributed by atoms with van der Waals surface area (Å²) in [5.41, 5.74) is 11.1. The van der Waals surface area contributed by atoms with Crippen LogP contribution in [0.25, 0.3) is 12.2 Å². The van der Waals surface area contributed by atoms with Gasteiger partial charge in [-0.05, 0) is 112 Å². The summed E-state index contributed by atoms with van der Waals surface area (Å²) in [7, 11) is 1.38. The van der Waals surface area contributed by atoms with Crippen molar-refractivity contribution in [3.63, 3.8) is 0 Å². The van der Waals surface area contributed by atoms with E-state index in [4.69, 9.17) is 15.2 Å². The van der Waals surface area contributed by atoms with Crippen molar-refractivity contribution in [1.82, 2.24) is 19.8 Å². The lowest BCUT2D eigenvalue weighted by Crippen LogP contribution is -2.59. The highest BCUT2D eigenvalue weighted by Gasteiger charge is 2.58. The van der Waals surface area contributed by atoms with Gasteiger partial charge in [0.05, 0.1) is 34.0 Å². The van der Waals surface area contributed by atoms with E-state index in [1.807, 2.05) is 18.0 Å². The highest BCUT2D eigenvalue weighted by atomic mass is 16.3. The fourth-order valence-electron chi connectivity index (χ4n) is 14.0. The lowest BCUT2D eigenvalue weighted by atomic mass is 9.47. The number of hydrazone groups is 2. The number of pyridine rings is 2. The summed E-state index contributed by atoms with van der Waals surface area (Å²) in [6.07, 6.45) is 25.4. The molecule has 8 saturated carbocycles. The van der Waals surface area contributed by atoms with Crippen molar-refractivity contribution in [3.05, 3.63) is 58.2 Å². The highest BCUT2D eigenvalue weighted by Crippen LogP contribution is 2.60. The first-order valence-electron chi connectivity index (χ1n) is 20.8. The second kappa shape index (κ2) is 11.6. The van der Waals surface area contributed by atoms with E-state index in [2.05, 4.69) is 54.3 Å². The molecular weight excluding hydrogens is 658 g/mol. The van der Waals surface area contributed by atoms with Crippen LogP contribution in [0, 0.1) is 47.3 Å². The Hall–Kier alpha value is -3.27. The summed E-state index contributed by atoms with van der Waals surface area (Å²) < 4.78 is 0. The quantitative estimate of drug-likeness (QED) is 0.415. The standard InChI is InChI=1S/C21H26BN3O2.C21H26BN3O/c1-2-25-22(27)16-11-23-17-5-3-4-15(17)19(16)20(24-25)18-13-6-12-7-14(18)10-21(26,8-12)9-13;1-22-16-11-23-17-5-3-4-15(17)19(16)20(24-25(22)2)18-13-6-12-7-14(18)10-21(26,8-12)9-13/h3-4,11-14,18,26-27H,2,5-10H2,1H3;3-4,11-14,18,26H,5-10H2,1-2H3/t2*12?,13-,14+,18?,21?. The fraction of sp³-hybridized carbons (Fsp3) is 0.619. The molecule has 4 heterocycles. The maximum atomic E-state index is 11.0. The van der Waals surface area contributed by atoms with Crippen molar-refractivity contribution in [2.75, 3.05) is 13.6 Å². The van der Waals surface area contributed by atoms with Gasteiger partial charge in [0.15, 0.2) is 0 Å². The number of nitrogens with zero attached hydrogens (tertiary/aromatic N) is 6. The van der Waals surface area contributed by atoms with Crippen LogP contribution in [0.4, 0.5) is 0 Å². The summed E-state index contributed by atoms with van der Waals surface area (Å²) in [6.45, 7) is 5.20. The maximum Gasteiger partial charge on any atom is 0.468 e. The van der Waals surface area contributed by atoms with Gasteiger partial charge in [-0.2, -0.15) is 10.2 Å². The average Bonchev–Trinajstić information content (AvgIpc) is 3.80. The predicted molar refractivity (Wildman–Crippen MR) is 210 cm³/mol. The minimum absolute atomic E-state index is 0.265. The van der Waals surface area contributed by atoms with Gasteiger partial charge in [0.1, 0.15) is 0 Å². The molecule has 8 fully saturated rings. The number of hydrogen-bond donors (Lipinski definition) is 3. The van der Waals surface area contributed by atoms with Crippen LogP contribution in [0.5, 0.6) is 0 Å². The Labute approximate surface area is 314 Å². The minimum atomic E-state index is -0.721. The zero-order valence-electron chi connectivity index (χ0n) is 31.5. The van der Waals surface area contributed by atoms with Crippen LogP contribution in [0.2, 0.25) is 6.82 Å². The van der Waals surface area contributed by atoms with Gasteiger partial charge in [-0.3, -0.25) is 9.97 Å². The average molecular weight is 711 g/mol. The van der Waals surface area contributed by atoms with E-state index in [-0.39, 0.29) is 12.4 Å². The second-order valence-electron chi connectivity index (χ2n) is 18.9. The first kappa shape index (κ1) is 33.1. The van der Waals surface area contributed by atoms with E-state index in [1.165, 1.54) is 53.7 Å². The molecule has 0 saturated heterocycles. The molecule has 274 valence electrons. The summed E-state index contributed by atoms with van der Waals surface area (Å²) in [5.74, 6) is 4.51. The van der Waals surface area contributed by atoms with Crippen molar-refractivity contribution in [3.8, 4) is 0 Å². The van der Waals surface area contributed by atoms with Crippen LogP contribution < -0.4 is 10.9 Å². The summed E-state index contributed by atoms with van der Waals surface area (Å²) >= 11 is 0. The molecule has 3 N–H and O–H groups in total. The van der Waals surface area contributed by atoms with Crippen LogP contribution >= 0.6 is 0 Å². The summed E-state index contributed by atoms with van der Waals surface area (Å²) in [5, 5.41) is 43.0. The molecule has 2 aromatic heterocycles. The number of fused-ring (bicyclic) bond motifs is 6. The molecule has 0 spiro atoms. The topological polar surface area (TPSA) is 118 Å². The molecule has 9 nitrogen and oxygen atoms in total. The third-order valence-corrected chi connectivity index (χ3v) is 15.7. The number of aromatic nitrogens is 2. The van der Waals surface area contributed by atoms with Crippen molar-refractivity contribution >= 4 is 48.4 Å². The molecule has 53 heavy (non-hydrogen) atoms. The molecule has 10 aliphatic carbocycles. The Balaban J connectivity index is 0.000000125. The Kier molecular flexibility index (Phi) is 7.26. The van der Waals surface area contributed by atoms with E-state index in [0.29, 0.717) is 48.0 Å². The van der Waals surface area contributed by atoms with Gasteiger partial charge in [0, 0.05) is 78.4 Å². The van der Waals surface area contributed by atoms with Gasteiger partial charge in [0.2, 0.25) is 0 Å². The van der Waals surface area contributed by atoms with Crippen molar-refractivity contribution < 1.29 is 15.2 Å². The number of allylic oxidation sites excluding steroid dienone is 2. The molecule has 14 rings (SSSR count). The van der Waals surface area contributed by atoms with E-state index in [0.717, 1.165) is 85.3 Å². The first-order valence-corrected chi connectivity index (χ1v) is 20.8. The van der Waals surface area contributed by atoms with E-state index < -0.39 is 12.7 Å². The maximum absolute atomic E-state index is 11.0. The molecule has 0 amide bonds. The monoisotopic (exact) mass is 710 g/mol. The smallest absolute Gasteiger partial charge is 0.428 e. The van der Waals surface area contributed by atoms with Gasteiger partial charge in [0.25, 0.3) is 0 Å². The largest absolute Gasteiger partial charge is 0.468 e. The normalized spacial score (nSPS) is 38.8. The zero-order valence-corrected chi connectivity index (χ0v) is 31.5. The molecule has 0 radical (unpaired) electrons. The van der Waals surface area contributed by atoms with Crippen LogP contribution in [0.1, 0.15) is 105 Å². The zero-order chi connectivity index (χ0) is 36.0. The van der Waals surface area contributed by atoms with Gasteiger partial charge >= 0.3 is 13.9 Å². The van der Waals surface area contributed by atoms with Crippen molar-refractivity contribution in [1.29, 1.82) is 0 Å². The van der Waals surface area contributed by atoms with Crippen molar-refractivity contribution in [2.45, 2.75) is 102 Å². The summed E-state index contributed by atoms with van der Waals surface area (Å²) in [4.78, 5) is 13.3. The fourth-order valence-corrected chi connectivity index (χ4v) is 14.0. The van der Waals surface area contributed by atoms with E-state index in [9.17, 15) is 15.2 Å². The molecule has 0 aromatic carbocycles. The van der Waals surface area contributed by atoms with Crippen LogP contribution in [-0.2, 0) is 12.8 Å². The van der Waals surface area contributed by atoms with Gasteiger partial charge in [-0.15, -0.1) is 0 Å².